The highest BCUT2D eigenvalue weighted by Gasteiger charge is 2.26. The van der Waals surface area contributed by atoms with E-state index in [9.17, 15) is 14.7 Å². The number of H-pyrrole nitrogens is 1. The number of ether oxygens (including phenoxy) is 2. The predicted octanol–water partition coefficient (Wildman–Crippen LogP) is 3.92. The summed E-state index contributed by atoms with van der Waals surface area (Å²) in [5.41, 5.74) is 3.97. The van der Waals surface area contributed by atoms with Crippen LogP contribution in [0, 0.1) is 0 Å². The molecule has 0 spiro atoms. The number of aromatic nitrogens is 3. The first-order chi connectivity index (χ1) is 18.0. The van der Waals surface area contributed by atoms with E-state index in [-0.39, 0.29) is 17.7 Å². The van der Waals surface area contributed by atoms with Gasteiger partial charge in [0, 0.05) is 43.5 Å². The van der Waals surface area contributed by atoms with Gasteiger partial charge in [-0.05, 0) is 55.0 Å². The Balaban J connectivity index is 1.39. The third-order valence-corrected chi connectivity index (χ3v) is 6.35. The number of pyridine rings is 1. The SMILES string of the molecule is CCOC(=O)N1CCN(C(=O)c2ccc3[nH]c(-c4cc(-c5cccnc5OC)ccc4O)nc3c2)CC1. The number of methoxy groups -OCH3 is 1. The second-order valence-corrected chi connectivity index (χ2v) is 8.59. The lowest BCUT2D eigenvalue weighted by Crippen LogP contribution is -2.50. The van der Waals surface area contributed by atoms with Crippen LogP contribution in [0.15, 0.2) is 54.7 Å². The van der Waals surface area contributed by atoms with Crippen LogP contribution in [0.1, 0.15) is 17.3 Å². The van der Waals surface area contributed by atoms with E-state index < -0.39 is 0 Å². The Morgan fingerprint density at radius 3 is 2.57 bits per heavy atom. The number of rotatable bonds is 5. The second-order valence-electron chi connectivity index (χ2n) is 8.59. The van der Waals surface area contributed by atoms with Gasteiger partial charge in [-0.2, -0.15) is 0 Å². The number of piperazine rings is 1. The van der Waals surface area contributed by atoms with Crippen LogP contribution in [-0.2, 0) is 4.74 Å². The van der Waals surface area contributed by atoms with Crippen LogP contribution in [0.5, 0.6) is 11.6 Å². The van der Waals surface area contributed by atoms with Gasteiger partial charge in [-0.1, -0.05) is 6.07 Å². The maximum absolute atomic E-state index is 13.1. The molecule has 1 saturated heterocycles. The highest BCUT2D eigenvalue weighted by atomic mass is 16.6. The minimum absolute atomic E-state index is 0.0708. The molecule has 3 heterocycles. The third kappa shape index (κ3) is 4.77. The highest BCUT2D eigenvalue weighted by molar-refractivity contribution is 5.98. The Bertz CT molecular complexity index is 1460. The number of hydrogen-bond acceptors (Lipinski definition) is 7. The van der Waals surface area contributed by atoms with Crippen LogP contribution in [0.4, 0.5) is 4.79 Å². The number of aromatic hydroxyl groups is 1. The standard InChI is InChI=1S/C27H27N5O5/c1-3-37-27(35)32-13-11-31(12-14-32)26(34)18-6-8-21-22(16-18)30-24(29-21)20-15-17(7-9-23(20)33)19-5-4-10-28-25(19)36-2/h4-10,15-16,33H,3,11-14H2,1-2H3,(H,29,30). The van der Waals surface area contributed by atoms with Crippen LogP contribution in [0.25, 0.3) is 33.5 Å². The normalized spacial score (nSPS) is 13.6. The molecule has 0 unspecified atom stereocenters. The number of carbonyl (C=O) groups excluding carboxylic acids is 2. The van der Waals surface area contributed by atoms with E-state index in [0.717, 1.165) is 16.6 Å². The van der Waals surface area contributed by atoms with Crippen molar-refractivity contribution in [1.82, 2.24) is 24.8 Å². The Hall–Kier alpha value is -4.60. The number of hydrogen-bond donors (Lipinski definition) is 2. The molecule has 2 aromatic heterocycles. The van der Waals surface area contributed by atoms with Gasteiger partial charge in [-0.25, -0.2) is 14.8 Å². The Labute approximate surface area is 213 Å². The summed E-state index contributed by atoms with van der Waals surface area (Å²) in [5.74, 6) is 0.907. The minimum Gasteiger partial charge on any atom is -0.507 e. The van der Waals surface area contributed by atoms with E-state index in [1.54, 1.807) is 60.4 Å². The van der Waals surface area contributed by atoms with Crippen molar-refractivity contribution in [3.8, 4) is 34.1 Å². The smallest absolute Gasteiger partial charge is 0.409 e. The zero-order valence-corrected chi connectivity index (χ0v) is 20.6. The van der Waals surface area contributed by atoms with Crippen molar-refractivity contribution in [2.45, 2.75) is 6.92 Å². The van der Waals surface area contributed by atoms with Crippen molar-refractivity contribution in [2.24, 2.45) is 0 Å². The fourth-order valence-corrected chi connectivity index (χ4v) is 4.42. The zero-order chi connectivity index (χ0) is 25.9. The minimum atomic E-state index is -0.352. The average Bonchev–Trinajstić information content (AvgIpc) is 3.36. The van der Waals surface area contributed by atoms with E-state index in [0.29, 0.717) is 61.1 Å². The number of imidazole rings is 1. The van der Waals surface area contributed by atoms with Crippen molar-refractivity contribution in [1.29, 1.82) is 0 Å². The van der Waals surface area contributed by atoms with Crippen LogP contribution < -0.4 is 4.74 Å². The summed E-state index contributed by atoms with van der Waals surface area (Å²) < 4.78 is 10.4. The number of phenols is 1. The summed E-state index contributed by atoms with van der Waals surface area (Å²) in [4.78, 5) is 40.5. The molecule has 190 valence electrons. The molecule has 10 heteroatoms. The van der Waals surface area contributed by atoms with Crippen LogP contribution in [0.3, 0.4) is 0 Å². The van der Waals surface area contributed by atoms with Crippen LogP contribution in [-0.4, -0.2) is 81.8 Å². The summed E-state index contributed by atoms with van der Waals surface area (Å²) in [6.07, 6.45) is 1.30. The lowest BCUT2D eigenvalue weighted by atomic mass is 10.0. The van der Waals surface area contributed by atoms with Crippen molar-refractivity contribution in [2.75, 3.05) is 39.9 Å². The van der Waals surface area contributed by atoms with E-state index in [1.165, 1.54) is 0 Å². The van der Waals surface area contributed by atoms with Gasteiger partial charge in [0.25, 0.3) is 5.91 Å². The zero-order valence-electron chi connectivity index (χ0n) is 20.6. The van der Waals surface area contributed by atoms with Crippen molar-refractivity contribution < 1.29 is 24.2 Å². The average molecular weight is 502 g/mol. The molecule has 2 N–H and O–H groups in total. The molecule has 37 heavy (non-hydrogen) atoms. The molecule has 5 rings (SSSR count). The van der Waals surface area contributed by atoms with Gasteiger partial charge in [-0.15, -0.1) is 0 Å². The third-order valence-electron chi connectivity index (χ3n) is 6.35. The predicted molar refractivity (Wildman–Crippen MR) is 137 cm³/mol. The Morgan fingerprint density at radius 1 is 1.03 bits per heavy atom. The lowest BCUT2D eigenvalue weighted by Gasteiger charge is -2.34. The van der Waals surface area contributed by atoms with Crippen molar-refractivity contribution in [3.05, 3.63) is 60.3 Å². The number of phenolic OH excluding ortho intramolecular Hbond substituents is 1. The van der Waals surface area contributed by atoms with E-state index in [1.807, 2.05) is 18.2 Å². The molecule has 0 radical (unpaired) electrons. The Kier molecular flexibility index (Phi) is 6.63. The molecule has 1 aliphatic heterocycles. The summed E-state index contributed by atoms with van der Waals surface area (Å²) >= 11 is 0. The van der Waals surface area contributed by atoms with Gasteiger partial charge in [0.2, 0.25) is 5.88 Å². The molecular weight excluding hydrogens is 474 g/mol. The summed E-state index contributed by atoms with van der Waals surface area (Å²) in [6, 6.07) is 14.2. The van der Waals surface area contributed by atoms with Gasteiger partial charge < -0.3 is 29.4 Å². The van der Waals surface area contributed by atoms with E-state index in [2.05, 4.69) is 15.0 Å². The number of nitrogens with zero attached hydrogens (tertiary/aromatic N) is 4. The second kappa shape index (κ2) is 10.2. The molecule has 0 saturated carbocycles. The first-order valence-corrected chi connectivity index (χ1v) is 12.0. The molecule has 2 aromatic carbocycles. The molecule has 1 fully saturated rings. The van der Waals surface area contributed by atoms with Crippen molar-refractivity contribution >= 4 is 23.0 Å². The molecular formula is C27H27N5O5. The van der Waals surface area contributed by atoms with E-state index in [4.69, 9.17) is 9.47 Å². The monoisotopic (exact) mass is 501 g/mol. The number of benzene rings is 2. The fourth-order valence-electron chi connectivity index (χ4n) is 4.42. The molecule has 0 bridgehead atoms. The number of nitrogens with one attached hydrogen (secondary N) is 1. The summed E-state index contributed by atoms with van der Waals surface area (Å²) in [7, 11) is 1.56. The van der Waals surface area contributed by atoms with Gasteiger partial charge in [0.1, 0.15) is 11.6 Å². The number of aromatic amines is 1. The molecule has 1 aliphatic rings. The molecule has 0 atom stereocenters. The van der Waals surface area contributed by atoms with Crippen molar-refractivity contribution in [3.63, 3.8) is 0 Å². The van der Waals surface area contributed by atoms with E-state index >= 15 is 0 Å². The topological polar surface area (TPSA) is 121 Å². The summed E-state index contributed by atoms with van der Waals surface area (Å²) in [5, 5.41) is 10.6. The molecule has 10 nitrogen and oxygen atoms in total. The van der Waals surface area contributed by atoms with Gasteiger partial charge in [-0.3, -0.25) is 4.79 Å². The fraction of sp³-hybridized carbons (Fsp3) is 0.259. The first-order valence-electron chi connectivity index (χ1n) is 12.0. The summed E-state index contributed by atoms with van der Waals surface area (Å²) in [6.45, 7) is 3.81. The molecule has 0 aliphatic carbocycles. The highest BCUT2D eigenvalue weighted by Crippen LogP contribution is 2.35. The number of fused-ring (bicyclic) bond motifs is 1. The lowest BCUT2D eigenvalue weighted by molar-refractivity contribution is 0.0570. The van der Waals surface area contributed by atoms with Gasteiger partial charge in [0.15, 0.2) is 0 Å². The molecule has 4 aromatic rings. The van der Waals surface area contributed by atoms with Crippen LogP contribution >= 0.6 is 0 Å². The van der Waals surface area contributed by atoms with Gasteiger partial charge >= 0.3 is 6.09 Å². The number of amides is 2. The van der Waals surface area contributed by atoms with Gasteiger partial charge in [0.05, 0.1) is 30.3 Å². The molecule has 2 amide bonds. The van der Waals surface area contributed by atoms with Crippen LogP contribution in [0.2, 0.25) is 0 Å². The quantitative estimate of drug-likeness (QED) is 0.425. The number of carbonyl (C=O) groups is 2. The Morgan fingerprint density at radius 2 is 1.81 bits per heavy atom. The maximum Gasteiger partial charge on any atom is 0.409 e. The largest absolute Gasteiger partial charge is 0.507 e. The first kappa shape index (κ1) is 24.1. The maximum atomic E-state index is 13.1.